The molecule has 0 bridgehead atoms. The van der Waals surface area contributed by atoms with Crippen molar-refractivity contribution in [2.24, 2.45) is 5.73 Å². The van der Waals surface area contributed by atoms with Crippen molar-refractivity contribution in [2.75, 3.05) is 0 Å². The van der Waals surface area contributed by atoms with Crippen LogP contribution in [0.1, 0.15) is 64.9 Å². The number of fused-ring (bicyclic) bond motifs is 1. The predicted octanol–water partition coefficient (Wildman–Crippen LogP) is 4.75. The maximum Gasteiger partial charge on any atom is 0.269 e. The molecule has 186 valence electrons. The molecule has 8 nitrogen and oxygen atoms in total. The van der Waals surface area contributed by atoms with Crippen LogP contribution < -0.4 is 5.73 Å². The lowest BCUT2D eigenvalue weighted by Crippen LogP contribution is -2.16. The highest BCUT2D eigenvalue weighted by atomic mass is 19.1. The van der Waals surface area contributed by atoms with Gasteiger partial charge in [0.15, 0.2) is 11.3 Å². The van der Waals surface area contributed by atoms with E-state index in [0.29, 0.717) is 40.6 Å². The van der Waals surface area contributed by atoms with Crippen molar-refractivity contribution in [2.45, 2.75) is 44.6 Å². The van der Waals surface area contributed by atoms with E-state index in [2.05, 4.69) is 25.0 Å². The number of imidazole rings is 1. The second kappa shape index (κ2) is 9.57. The lowest BCUT2D eigenvalue weighted by molar-refractivity contribution is 0.0996. The van der Waals surface area contributed by atoms with Crippen LogP contribution in [0.3, 0.4) is 0 Å². The second-order valence-electron chi connectivity index (χ2n) is 9.59. The van der Waals surface area contributed by atoms with Gasteiger partial charge in [0, 0.05) is 24.1 Å². The van der Waals surface area contributed by atoms with E-state index >= 15 is 0 Å². The third-order valence-corrected chi connectivity index (χ3v) is 6.86. The van der Waals surface area contributed by atoms with Gasteiger partial charge in [-0.1, -0.05) is 49.2 Å². The summed E-state index contributed by atoms with van der Waals surface area (Å²) in [6.07, 6.45) is 8.28. The van der Waals surface area contributed by atoms with Gasteiger partial charge in [0.2, 0.25) is 0 Å². The number of benzene rings is 2. The fourth-order valence-corrected chi connectivity index (χ4v) is 5.08. The summed E-state index contributed by atoms with van der Waals surface area (Å²) in [5.41, 5.74) is 9.94. The molecule has 0 atom stereocenters. The average Bonchev–Trinajstić information content (AvgIpc) is 3.64. The van der Waals surface area contributed by atoms with Crippen LogP contribution in [-0.4, -0.2) is 35.6 Å². The van der Waals surface area contributed by atoms with Crippen molar-refractivity contribution in [3.8, 4) is 11.1 Å². The molecular formula is C28H26FN7O. The average molecular weight is 496 g/mol. The molecule has 5 aromatic rings. The molecule has 3 N–H and O–H groups in total. The van der Waals surface area contributed by atoms with Crippen LogP contribution >= 0.6 is 0 Å². The molecule has 0 radical (unpaired) electrons. The number of nitrogens with zero attached hydrogens (tertiary/aromatic N) is 5. The van der Waals surface area contributed by atoms with E-state index in [-0.39, 0.29) is 17.9 Å². The number of aromatic nitrogens is 6. The number of rotatable bonds is 7. The minimum Gasteiger partial charge on any atom is -0.364 e. The first kappa shape index (κ1) is 23.0. The summed E-state index contributed by atoms with van der Waals surface area (Å²) in [7, 11) is 0. The molecule has 9 heteroatoms. The van der Waals surface area contributed by atoms with Crippen LogP contribution in [0.2, 0.25) is 0 Å². The number of hydrogen-bond donors (Lipinski definition) is 2. The smallest absolute Gasteiger partial charge is 0.269 e. The maximum atomic E-state index is 14.6. The third-order valence-electron chi connectivity index (χ3n) is 6.86. The van der Waals surface area contributed by atoms with Gasteiger partial charge in [-0.05, 0) is 41.7 Å². The molecule has 0 spiro atoms. The van der Waals surface area contributed by atoms with Crippen molar-refractivity contribution >= 4 is 17.1 Å². The van der Waals surface area contributed by atoms with Crippen LogP contribution in [0.4, 0.5) is 4.39 Å². The first-order valence-corrected chi connectivity index (χ1v) is 12.4. The van der Waals surface area contributed by atoms with E-state index in [4.69, 9.17) is 5.73 Å². The standard InChI is InChI=1S/C28H26FN7O/c29-22-11-18(10-20(13-22)21-14-31-36(16-21)15-17-6-2-1-3-7-17)12-23-32-24(26(30)37)25-28(33-23)35-27(34-25)19-8-4-5-9-19/h1-3,6-7,10-11,13-14,16,19H,4-5,8-9,12,15H2,(H2,30,37)(H,32,33,34,35). The second-order valence-corrected chi connectivity index (χ2v) is 9.59. The first-order chi connectivity index (χ1) is 18.0. The van der Waals surface area contributed by atoms with Crippen molar-refractivity contribution in [3.63, 3.8) is 0 Å². The van der Waals surface area contributed by atoms with Gasteiger partial charge in [0.25, 0.3) is 5.91 Å². The van der Waals surface area contributed by atoms with Crippen molar-refractivity contribution in [3.05, 3.63) is 95.2 Å². The Morgan fingerprint density at radius 3 is 2.62 bits per heavy atom. The molecule has 3 aromatic heterocycles. The lowest BCUT2D eigenvalue weighted by atomic mass is 10.0. The zero-order valence-corrected chi connectivity index (χ0v) is 20.2. The number of hydrogen-bond acceptors (Lipinski definition) is 5. The zero-order chi connectivity index (χ0) is 25.4. The van der Waals surface area contributed by atoms with Gasteiger partial charge in [0.1, 0.15) is 23.0 Å². The van der Waals surface area contributed by atoms with Crippen LogP contribution in [-0.2, 0) is 13.0 Å². The van der Waals surface area contributed by atoms with Crippen LogP contribution in [0.25, 0.3) is 22.3 Å². The van der Waals surface area contributed by atoms with Gasteiger partial charge in [-0.25, -0.2) is 19.3 Å². The summed E-state index contributed by atoms with van der Waals surface area (Å²) < 4.78 is 16.5. The number of nitrogens with two attached hydrogens (primary N) is 1. The molecule has 3 heterocycles. The fraction of sp³-hybridized carbons (Fsp3) is 0.250. The SMILES string of the molecule is NC(=O)c1nc(Cc2cc(F)cc(-c3cnn(Cc4ccccc4)c3)c2)nc2nc(C3CCCC3)[nH]c12. The van der Waals surface area contributed by atoms with E-state index in [1.165, 1.54) is 12.1 Å². The highest BCUT2D eigenvalue weighted by Gasteiger charge is 2.23. The Bertz CT molecular complexity index is 1590. The molecule has 1 amide bonds. The largest absolute Gasteiger partial charge is 0.364 e. The number of amides is 1. The van der Waals surface area contributed by atoms with E-state index in [9.17, 15) is 9.18 Å². The molecule has 2 aromatic carbocycles. The molecule has 1 fully saturated rings. The van der Waals surface area contributed by atoms with Crippen molar-refractivity contribution in [1.29, 1.82) is 0 Å². The van der Waals surface area contributed by atoms with E-state index < -0.39 is 5.91 Å². The Kier molecular flexibility index (Phi) is 5.96. The highest BCUT2D eigenvalue weighted by molar-refractivity contribution is 6.01. The Balaban J connectivity index is 1.29. The normalized spacial score (nSPS) is 14.0. The van der Waals surface area contributed by atoms with Crippen molar-refractivity contribution in [1.82, 2.24) is 29.7 Å². The predicted molar refractivity (Wildman–Crippen MR) is 137 cm³/mol. The Labute approximate surface area is 212 Å². The monoisotopic (exact) mass is 495 g/mol. The van der Waals surface area contributed by atoms with Gasteiger partial charge in [-0.15, -0.1) is 0 Å². The van der Waals surface area contributed by atoms with Crippen LogP contribution in [0.5, 0.6) is 0 Å². The number of primary amides is 1. The Morgan fingerprint density at radius 1 is 1.03 bits per heavy atom. The zero-order valence-electron chi connectivity index (χ0n) is 20.2. The number of halogens is 1. The molecule has 1 aliphatic rings. The Morgan fingerprint density at radius 2 is 1.84 bits per heavy atom. The maximum absolute atomic E-state index is 14.6. The van der Waals surface area contributed by atoms with Gasteiger partial charge in [0.05, 0.1) is 12.7 Å². The van der Waals surface area contributed by atoms with E-state index in [1.807, 2.05) is 47.3 Å². The summed E-state index contributed by atoms with van der Waals surface area (Å²) in [5, 5.41) is 4.44. The van der Waals surface area contributed by atoms with E-state index in [1.54, 1.807) is 6.20 Å². The number of nitrogens with one attached hydrogen (secondary N) is 1. The highest BCUT2D eigenvalue weighted by Crippen LogP contribution is 2.33. The molecular weight excluding hydrogens is 469 g/mol. The summed E-state index contributed by atoms with van der Waals surface area (Å²) in [4.78, 5) is 29.1. The van der Waals surface area contributed by atoms with Gasteiger partial charge >= 0.3 is 0 Å². The summed E-state index contributed by atoms with van der Waals surface area (Å²) in [6.45, 7) is 0.624. The first-order valence-electron chi connectivity index (χ1n) is 12.4. The third kappa shape index (κ3) is 4.84. The molecule has 6 rings (SSSR count). The number of carbonyl (C=O) groups excluding carboxylic acids is 1. The number of H-pyrrole nitrogens is 1. The topological polar surface area (TPSA) is 115 Å². The van der Waals surface area contributed by atoms with Crippen LogP contribution in [0, 0.1) is 5.82 Å². The van der Waals surface area contributed by atoms with Gasteiger partial charge in [-0.3, -0.25) is 9.48 Å². The number of aromatic amines is 1. The minimum atomic E-state index is -0.652. The van der Waals surface area contributed by atoms with E-state index in [0.717, 1.165) is 42.6 Å². The quantitative estimate of drug-likeness (QED) is 0.338. The van der Waals surface area contributed by atoms with Crippen molar-refractivity contribution < 1.29 is 9.18 Å². The molecule has 0 saturated heterocycles. The molecule has 1 aliphatic carbocycles. The molecule has 1 saturated carbocycles. The van der Waals surface area contributed by atoms with Crippen LogP contribution in [0.15, 0.2) is 60.9 Å². The summed E-state index contributed by atoms with van der Waals surface area (Å²) in [5.74, 6) is 0.486. The minimum absolute atomic E-state index is 0.107. The summed E-state index contributed by atoms with van der Waals surface area (Å²) >= 11 is 0. The molecule has 0 unspecified atom stereocenters. The fourth-order valence-electron chi connectivity index (χ4n) is 5.08. The number of carbonyl (C=O) groups is 1. The Hall–Kier alpha value is -4.40. The van der Waals surface area contributed by atoms with Gasteiger partial charge in [-0.2, -0.15) is 5.10 Å². The lowest BCUT2D eigenvalue weighted by Gasteiger charge is -2.06. The van der Waals surface area contributed by atoms with Gasteiger partial charge < -0.3 is 10.7 Å². The molecule has 0 aliphatic heterocycles. The molecule has 37 heavy (non-hydrogen) atoms. The summed E-state index contributed by atoms with van der Waals surface area (Å²) in [6, 6.07) is 14.8.